The number of nitrogens with one attached hydrogen (secondary N) is 2. The van der Waals surface area contributed by atoms with Crippen molar-refractivity contribution in [2.45, 2.75) is 69.7 Å². The topological polar surface area (TPSA) is 155 Å². The van der Waals surface area contributed by atoms with E-state index in [4.69, 9.17) is 0 Å². The van der Waals surface area contributed by atoms with Crippen molar-refractivity contribution in [1.82, 2.24) is 25.1 Å². The first kappa shape index (κ1) is 34.4. The van der Waals surface area contributed by atoms with E-state index in [-0.39, 0.29) is 24.2 Å². The van der Waals surface area contributed by atoms with Crippen LogP contribution in [0.25, 0.3) is 0 Å². The van der Waals surface area contributed by atoms with Gasteiger partial charge in [0.25, 0.3) is 11.8 Å². The van der Waals surface area contributed by atoms with Crippen LogP contribution in [0.4, 0.5) is 23.0 Å². The first-order valence-electron chi connectivity index (χ1n) is 19.3. The van der Waals surface area contributed by atoms with E-state index in [1.165, 1.54) is 18.4 Å². The summed E-state index contributed by atoms with van der Waals surface area (Å²) in [7, 11) is 0. The van der Waals surface area contributed by atoms with E-state index in [0.717, 1.165) is 92.1 Å². The number of benzene rings is 2. The summed E-state index contributed by atoms with van der Waals surface area (Å²) in [6.45, 7) is 10.6. The molecule has 0 bridgehead atoms. The third kappa shape index (κ3) is 5.97. The Morgan fingerprint density at radius 2 is 1.69 bits per heavy atom. The van der Waals surface area contributed by atoms with Crippen LogP contribution in [-0.2, 0) is 15.0 Å². The molecule has 9 rings (SSSR count). The number of fused-ring (bicyclic) bond motifs is 1. The van der Waals surface area contributed by atoms with Gasteiger partial charge in [-0.1, -0.05) is 26.0 Å². The number of nitrogens with zero attached hydrogens (tertiary/aromatic N) is 7. The molecular formula is C41H45N9O4. The molecule has 1 spiro atoms. The van der Waals surface area contributed by atoms with E-state index in [2.05, 4.69) is 73.4 Å². The second-order valence-electron chi connectivity index (χ2n) is 16.6. The minimum Gasteiger partial charge on any atom is -0.369 e. The van der Waals surface area contributed by atoms with E-state index < -0.39 is 23.8 Å². The fourth-order valence-corrected chi connectivity index (χ4v) is 9.38. The summed E-state index contributed by atoms with van der Waals surface area (Å²) < 4.78 is 0. The Bertz CT molecular complexity index is 2100. The summed E-state index contributed by atoms with van der Waals surface area (Å²) in [6, 6.07) is 15.6. The van der Waals surface area contributed by atoms with Crippen molar-refractivity contribution in [2.24, 2.45) is 11.3 Å². The lowest BCUT2D eigenvalue weighted by molar-refractivity contribution is -0.136. The number of anilines is 4. The van der Waals surface area contributed by atoms with Crippen LogP contribution in [0.1, 0.15) is 90.1 Å². The maximum Gasteiger partial charge on any atom is 0.262 e. The molecule has 2 aliphatic carbocycles. The first-order valence-corrected chi connectivity index (χ1v) is 19.3. The summed E-state index contributed by atoms with van der Waals surface area (Å²) in [5.41, 5.74) is 4.84. The molecule has 4 amide bonds. The number of piperidine rings is 1. The van der Waals surface area contributed by atoms with Crippen molar-refractivity contribution in [3.8, 4) is 6.07 Å². The number of carbonyl (C=O) groups is 4. The van der Waals surface area contributed by atoms with Crippen LogP contribution in [0, 0.1) is 22.7 Å². The van der Waals surface area contributed by atoms with E-state index in [0.29, 0.717) is 28.4 Å². The maximum absolute atomic E-state index is 13.3. The monoisotopic (exact) mass is 727 g/mol. The maximum atomic E-state index is 13.3. The lowest BCUT2D eigenvalue weighted by Crippen LogP contribution is -2.55. The predicted molar refractivity (Wildman–Crippen MR) is 202 cm³/mol. The van der Waals surface area contributed by atoms with Gasteiger partial charge in [-0.05, 0) is 78.8 Å². The fourth-order valence-electron chi connectivity index (χ4n) is 9.38. The number of hydrogen-bond acceptors (Lipinski definition) is 11. The lowest BCUT2D eigenvalue weighted by Gasteiger charge is -2.44. The quantitative estimate of drug-likeness (QED) is 0.303. The van der Waals surface area contributed by atoms with Gasteiger partial charge in [-0.15, -0.1) is 0 Å². The molecule has 54 heavy (non-hydrogen) atoms. The summed E-state index contributed by atoms with van der Waals surface area (Å²) in [5, 5.41) is 16.0. The van der Waals surface area contributed by atoms with Crippen molar-refractivity contribution < 1.29 is 19.2 Å². The molecule has 278 valence electrons. The first-order chi connectivity index (χ1) is 26.0. The molecule has 5 heterocycles. The molecule has 2 saturated carbocycles. The number of aromatic nitrogens is 2. The average molecular weight is 728 g/mol. The van der Waals surface area contributed by atoms with Crippen LogP contribution in [-0.4, -0.2) is 95.3 Å². The normalized spacial score (nSPS) is 23.2. The molecule has 4 aliphatic heterocycles. The van der Waals surface area contributed by atoms with Crippen molar-refractivity contribution in [3.05, 3.63) is 71.0 Å². The molecule has 3 saturated heterocycles. The highest BCUT2D eigenvalue weighted by molar-refractivity contribution is 6.23. The van der Waals surface area contributed by atoms with Gasteiger partial charge in [-0.3, -0.25) is 34.3 Å². The molecule has 1 atom stereocenters. The number of amides is 4. The highest BCUT2D eigenvalue weighted by Gasteiger charge is 2.62. The van der Waals surface area contributed by atoms with Gasteiger partial charge in [0, 0.05) is 75.6 Å². The number of imide groups is 2. The number of piperazine rings is 1. The molecule has 2 N–H and O–H groups in total. The van der Waals surface area contributed by atoms with Gasteiger partial charge in [-0.2, -0.15) is 5.26 Å². The molecular weight excluding hydrogens is 683 g/mol. The van der Waals surface area contributed by atoms with Gasteiger partial charge in [0.15, 0.2) is 0 Å². The minimum absolute atomic E-state index is 0.0956. The molecule has 13 nitrogen and oxygen atoms in total. The lowest BCUT2D eigenvalue weighted by atomic mass is 9.57. The Labute approximate surface area is 314 Å². The van der Waals surface area contributed by atoms with E-state index >= 15 is 0 Å². The Morgan fingerprint density at radius 1 is 0.926 bits per heavy atom. The molecule has 3 aromatic rings. The standard InChI is InChI=1S/C41H45N9O4/c1-25(2)29-5-3-27(41(23-42)21-40(22-41)9-10-40)15-32(29)45-34-17-35(44-24-43-34)49-19-26(20-49)18-47-11-13-48(14-12-47)28-4-6-30-31(16-28)39(54)50(38(30)53)33-7-8-36(51)46-37(33)52/h3-6,15-17,24-26,33H,7-14,18-22H2,1-2H3,(H,43,44,45)(H,46,51,52). The zero-order chi connectivity index (χ0) is 37.4. The highest BCUT2D eigenvalue weighted by Crippen LogP contribution is 2.68. The molecule has 2 aromatic carbocycles. The Morgan fingerprint density at radius 3 is 2.39 bits per heavy atom. The van der Waals surface area contributed by atoms with Crippen molar-refractivity contribution >= 4 is 46.6 Å². The van der Waals surface area contributed by atoms with Gasteiger partial charge in [-0.25, -0.2) is 9.97 Å². The second kappa shape index (κ2) is 12.9. The van der Waals surface area contributed by atoms with E-state index in [1.807, 2.05) is 12.1 Å². The minimum atomic E-state index is -0.969. The summed E-state index contributed by atoms with van der Waals surface area (Å²) in [5.74, 6) is 0.528. The van der Waals surface area contributed by atoms with Crippen LogP contribution in [0.3, 0.4) is 0 Å². The number of nitriles is 1. The van der Waals surface area contributed by atoms with Crippen molar-refractivity contribution in [1.29, 1.82) is 5.26 Å². The van der Waals surface area contributed by atoms with Crippen molar-refractivity contribution in [2.75, 3.05) is 60.9 Å². The summed E-state index contributed by atoms with van der Waals surface area (Å²) >= 11 is 0. The predicted octanol–water partition coefficient (Wildman–Crippen LogP) is 4.34. The third-order valence-corrected chi connectivity index (χ3v) is 12.6. The molecule has 6 aliphatic rings. The van der Waals surface area contributed by atoms with E-state index in [1.54, 1.807) is 18.5 Å². The van der Waals surface area contributed by atoms with Gasteiger partial charge in [0.1, 0.15) is 24.0 Å². The molecule has 0 radical (unpaired) electrons. The van der Waals surface area contributed by atoms with E-state index in [9.17, 15) is 24.4 Å². The van der Waals surface area contributed by atoms with Gasteiger partial charge in [0.05, 0.1) is 22.6 Å². The number of carbonyl (C=O) groups excluding carboxylic acids is 4. The summed E-state index contributed by atoms with van der Waals surface area (Å²) in [4.78, 5) is 67.7. The van der Waals surface area contributed by atoms with Crippen molar-refractivity contribution in [3.63, 3.8) is 0 Å². The molecule has 13 heteroatoms. The zero-order valence-electron chi connectivity index (χ0n) is 30.8. The Kier molecular flexibility index (Phi) is 8.22. The van der Waals surface area contributed by atoms with Crippen LogP contribution >= 0.6 is 0 Å². The molecule has 1 unspecified atom stereocenters. The highest BCUT2D eigenvalue weighted by atomic mass is 16.2. The van der Waals surface area contributed by atoms with Gasteiger partial charge < -0.3 is 15.1 Å². The fraction of sp³-hybridized carbons (Fsp3) is 0.488. The smallest absolute Gasteiger partial charge is 0.262 e. The van der Waals surface area contributed by atoms with Crippen LogP contribution in [0.15, 0.2) is 48.8 Å². The summed E-state index contributed by atoms with van der Waals surface area (Å²) in [6.07, 6.45) is 6.30. The largest absolute Gasteiger partial charge is 0.369 e. The SMILES string of the molecule is CC(C)c1ccc(C2(C#N)CC3(CC3)C2)cc1Nc1cc(N2CC(CN3CCN(c4ccc5c(c4)C(=O)N(C4CCC(=O)NC4=O)C5=O)CC3)C2)ncn1. The zero-order valence-corrected chi connectivity index (χ0v) is 30.8. The molecule has 5 fully saturated rings. The Balaban J connectivity index is 0.786. The second-order valence-corrected chi connectivity index (χ2v) is 16.6. The van der Waals surface area contributed by atoms with Crippen LogP contribution < -0.4 is 20.4 Å². The van der Waals surface area contributed by atoms with Crippen LogP contribution in [0.2, 0.25) is 0 Å². The number of rotatable bonds is 9. The van der Waals surface area contributed by atoms with Crippen LogP contribution in [0.5, 0.6) is 0 Å². The molecule has 1 aromatic heterocycles. The Hall–Kier alpha value is -5.35. The number of hydrogen-bond donors (Lipinski definition) is 2. The third-order valence-electron chi connectivity index (χ3n) is 12.6. The van der Waals surface area contributed by atoms with Gasteiger partial charge >= 0.3 is 0 Å². The average Bonchev–Trinajstić information content (AvgIpc) is 3.89. The van der Waals surface area contributed by atoms with Gasteiger partial charge in [0.2, 0.25) is 11.8 Å².